The van der Waals surface area contributed by atoms with Crippen LogP contribution in [0.3, 0.4) is 0 Å². The van der Waals surface area contributed by atoms with Gasteiger partial charge in [0.1, 0.15) is 0 Å². The van der Waals surface area contributed by atoms with E-state index in [4.69, 9.17) is 5.73 Å². The molecule has 88 valence electrons. The van der Waals surface area contributed by atoms with Gasteiger partial charge in [0.05, 0.1) is 22.0 Å². The summed E-state index contributed by atoms with van der Waals surface area (Å²) in [5, 5.41) is 3.29. The molecule has 5 heteroatoms. The van der Waals surface area contributed by atoms with Gasteiger partial charge >= 0.3 is 0 Å². The van der Waals surface area contributed by atoms with Crippen LogP contribution < -0.4 is 11.1 Å². The zero-order valence-corrected chi connectivity index (χ0v) is 11.0. The zero-order valence-electron chi connectivity index (χ0n) is 9.44. The number of hydrogen-bond acceptors (Lipinski definition) is 4. The number of nitrogens with one attached hydrogen (secondary N) is 1. The second-order valence-corrected chi connectivity index (χ2v) is 4.60. The molecule has 2 rings (SSSR count). The molecular formula is C12H13BrN4. The number of hydrogen-bond donors (Lipinski definition) is 2. The monoisotopic (exact) mass is 292 g/mol. The molecule has 0 amide bonds. The standard InChI is InChI=1S/C12H13BrN4/c1-8-2-3-15-4-9(8)5-17-12-10(13)6-16-7-11(12)14/h2-4,6-7H,5,14H2,1H3,(H,16,17). The van der Waals surface area contributed by atoms with Crippen LogP contribution in [0.15, 0.2) is 35.3 Å². The highest BCUT2D eigenvalue weighted by Crippen LogP contribution is 2.27. The highest BCUT2D eigenvalue weighted by atomic mass is 79.9. The molecule has 0 aromatic carbocycles. The van der Waals surface area contributed by atoms with Crippen molar-refractivity contribution in [3.05, 3.63) is 46.5 Å². The molecule has 0 aliphatic carbocycles. The van der Waals surface area contributed by atoms with E-state index in [2.05, 4.69) is 38.1 Å². The molecule has 0 unspecified atom stereocenters. The fourth-order valence-electron chi connectivity index (χ4n) is 1.50. The van der Waals surface area contributed by atoms with Gasteiger partial charge < -0.3 is 11.1 Å². The van der Waals surface area contributed by atoms with E-state index in [1.807, 2.05) is 12.3 Å². The minimum absolute atomic E-state index is 0.626. The first-order valence-electron chi connectivity index (χ1n) is 5.21. The summed E-state index contributed by atoms with van der Waals surface area (Å²) in [6.45, 7) is 2.75. The van der Waals surface area contributed by atoms with Gasteiger partial charge in [-0.25, -0.2) is 0 Å². The van der Waals surface area contributed by atoms with Crippen LogP contribution in [0.2, 0.25) is 0 Å². The van der Waals surface area contributed by atoms with Crippen molar-refractivity contribution in [2.24, 2.45) is 0 Å². The number of aromatic nitrogens is 2. The Labute approximate surface area is 108 Å². The molecule has 0 aliphatic heterocycles. The van der Waals surface area contributed by atoms with Gasteiger partial charge in [-0.15, -0.1) is 0 Å². The Morgan fingerprint density at radius 3 is 2.82 bits per heavy atom. The lowest BCUT2D eigenvalue weighted by molar-refractivity contribution is 1.08. The largest absolute Gasteiger partial charge is 0.396 e. The van der Waals surface area contributed by atoms with Crippen molar-refractivity contribution >= 4 is 27.3 Å². The second-order valence-electron chi connectivity index (χ2n) is 3.74. The van der Waals surface area contributed by atoms with E-state index in [9.17, 15) is 0 Å². The topological polar surface area (TPSA) is 63.8 Å². The van der Waals surface area contributed by atoms with Crippen LogP contribution >= 0.6 is 15.9 Å². The van der Waals surface area contributed by atoms with Crippen LogP contribution in [0.5, 0.6) is 0 Å². The molecule has 0 saturated heterocycles. The molecule has 4 nitrogen and oxygen atoms in total. The first kappa shape index (κ1) is 11.9. The molecular weight excluding hydrogens is 280 g/mol. The molecule has 0 atom stereocenters. The van der Waals surface area contributed by atoms with E-state index in [-0.39, 0.29) is 0 Å². The molecule has 2 aromatic rings. The third kappa shape index (κ3) is 2.74. The minimum Gasteiger partial charge on any atom is -0.396 e. The van der Waals surface area contributed by atoms with Crippen LogP contribution in [0.4, 0.5) is 11.4 Å². The summed E-state index contributed by atoms with van der Waals surface area (Å²) >= 11 is 3.42. The maximum absolute atomic E-state index is 5.85. The van der Waals surface area contributed by atoms with Gasteiger partial charge in [-0.2, -0.15) is 0 Å². The van der Waals surface area contributed by atoms with Crippen LogP contribution in [0, 0.1) is 6.92 Å². The lowest BCUT2D eigenvalue weighted by Gasteiger charge is -2.11. The molecule has 0 radical (unpaired) electrons. The Bertz CT molecular complexity index is 507. The Morgan fingerprint density at radius 2 is 2.12 bits per heavy atom. The zero-order chi connectivity index (χ0) is 12.3. The number of rotatable bonds is 3. The quantitative estimate of drug-likeness (QED) is 0.913. The Balaban J connectivity index is 2.16. The fraction of sp³-hybridized carbons (Fsp3) is 0.167. The summed E-state index contributed by atoms with van der Waals surface area (Å²) in [5.74, 6) is 0. The molecule has 0 aliphatic rings. The Morgan fingerprint density at radius 1 is 1.29 bits per heavy atom. The summed E-state index contributed by atoms with van der Waals surface area (Å²) in [6.07, 6.45) is 6.99. The lowest BCUT2D eigenvalue weighted by Crippen LogP contribution is -2.05. The number of aryl methyl sites for hydroxylation is 1. The summed E-state index contributed by atoms with van der Waals surface area (Å²) < 4.78 is 0.860. The van der Waals surface area contributed by atoms with E-state index in [0.29, 0.717) is 12.2 Å². The van der Waals surface area contributed by atoms with Crippen molar-refractivity contribution in [1.82, 2.24) is 9.97 Å². The predicted octanol–water partition coefficient (Wildman–Crippen LogP) is 2.74. The third-order valence-corrected chi connectivity index (χ3v) is 3.13. The first-order chi connectivity index (χ1) is 8.18. The van der Waals surface area contributed by atoms with Crippen LogP contribution in [-0.4, -0.2) is 9.97 Å². The average molecular weight is 293 g/mol. The maximum atomic E-state index is 5.85. The number of anilines is 2. The highest BCUT2D eigenvalue weighted by molar-refractivity contribution is 9.10. The van der Waals surface area contributed by atoms with Gasteiger partial charge in [0.25, 0.3) is 0 Å². The SMILES string of the molecule is Cc1ccncc1CNc1c(N)cncc1Br. The number of nitrogens with zero attached hydrogens (tertiary/aromatic N) is 2. The predicted molar refractivity (Wildman–Crippen MR) is 72.7 cm³/mol. The minimum atomic E-state index is 0.626. The van der Waals surface area contributed by atoms with Crippen molar-refractivity contribution in [3.8, 4) is 0 Å². The molecule has 0 saturated carbocycles. The molecule has 3 N–H and O–H groups in total. The summed E-state index contributed by atoms with van der Waals surface area (Å²) in [5.41, 5.74) is 9.70. The van der Waals surface area contributed by atoms with Crippen molar-refractivity contribution in [3.63, 3.8) is 0 Å². The lowest BCUT2D eigenvalue weighted by atomic mass is 10.1. The Hall–Kier alpha value is -1.62. The van der Waals surface area contributed by atoms with E-state index in [0.717, 1.165) is 15.7 Å². The van der Waals surface area contributed by atoms with E-state index in [1.165, 1.54) is 5.56 Å². The van der Waals surface area contributed by atoms with E-state index < -0.39 is 0 Å². The van der Waals surface area contributed by atoms with Gasteiger partial charge in [-0.05, 0) is 40.0 Å². The average Bonchev–Trinajstić information content (AvgIpc) is 2.30. The molecule has 17 heavy (non-hydrogen) atoms. The van der Waals surface area contributed by atoms with Crippen molar-refractivity contribution < 1.29 is 0 Å². The van der Waals surface area contributed by atoms with Crippen LogP contribution in [0.25, 0.3) is 0 Å². The van der Waals surface area contributed by atoms with Crippen LogP contribution in [0.1, 0.15) is 11.1 Å². The number of nitrogen functional groups attached to an aromatic ring is 1. The smallest absolute Gasteiger partial charge is 0.0752 e. The molecule has 0 bridgehead atoms. The van der Waals surface area contributed by atoms with Gasteiger partial charge in [0.15, 0.2) is 0 Å². The first-order valence-corrected chi connectivity index (χ1v) is 6.00. The normalized spacial score (nSPS) is 10.2. The molecule has 2 aromatic heterocycles. The summed E-state index contributed by atoms with van der Waals surface area (Å²) in [7, 11) is 0. The van der Waals surface area contributed by atoms with Gasteiger partial charge in [-0.1, -0.05) is 0 Å². The molecule has 0 fully saturated rings. The third-order valence-electron chi connectivity index (χ3n) is 2.53. The molecule has 0 spiro atoms. The van der Waals surface area contributed by atoms with Gasteiger partial charge in [0.2, 0.25) is 0 Å². The van der Waals surface area contributed by atoms with Crippen molar-refractivity contribution in [1.29, 1.82) is 0 Å². The van der Waals surface area contributed by atoms with Gasteiger partial charge in [0, 0.05) is 25.1 Å². The molecule has 2 heterocycles. The second kappa shape index (κ2) is 5.14. The van der Waals surface area contributed by atoms with Crippen LogP contribution in [-0.2, 0) is 6.54 Å². The number of pyridine rings is 2. The maximum Gasteiger partial charge on any atom is 0.0752 e. The van der Waals surface area contributed by atoms with E-state index >= 15 is 0 Å². The fourth-order valence-corrected chi connectivity index (χ4v) is 1.99. The summed E-state index contributed by atoms with van der Waals surface area (Å²) in [6, 6.07) is 1.99. The Kier molecular flexibility index (Phi) is 3.58. The number of halogens is 1. The van der Waals surface area contributed by atoms with Gasteiger partial charge in [-0.3, -0.25) is 9.97 Å². The number of nitrogens with two attached hydrogens (primary N) is 1. The van der Waals surface area contributed by atoms with E-state index in [1.54, 1.807) is 18.6 Å². The van der Waals surface area contributed by atoms with Crippen molar-refractivity contribution in [2.75, 3.05) is 11.1 Å². The van der Waals surface area contributed by atoms with Crippen molar-refractivity contribution in [2.45, 2.75) is 13.5 Å². The highest BCUT2D eigenvalue weighted by Gasteiger charge is 2.05. The summed E-state index contributed by atoms with van der Waals surface area (Å²) in [4.78, 5) is 8.10.